The standard InChI is InChI=1S/C14H17ClN4OS.ClH/c1-21-8-5-12(16)14(20)18-10-3-4-13(11(15)9-10)19-7-2-6-17-19;/h2-4,6-7,9,12H,5,8,16H2,1H3,(H,18,20);1H/t12-;/m0./s1. The number of nitrogens with zero attached hydrogens (tertiary/aromatic N) is 2. The van der Waals surface area contributed by atoms with Gasteiger partial charge in [0.2, 0.25) is 5.91 Å². The Morgan fingerprint density at radius 3 is 2.91 bits per heavy atom. The highest BCUT2D eigenvalue weighted by atomic mass is 35.5. The molecule has 0 radical (unpaired) electrons. The Morgan fingerprint density at radius 1 is 1.55 bits per heavy atom. The molecule has 1 amide bonds. The lowest BCUT2D eigenvalue weighted by Gasteiger charge is -2.13. The molecule has 0 spiro atoms. The van der Waals surface area contributed by atoms with Gasteiger partial charge >= 0.3 is 0 Å². The van der Waals surface area contributed by atoms with Crippen LogP contribution in [0.4, 0.5) is 5.69 Å². The molecule has 0 aliphatic carbocycles. The Kier molecular flexibility index (Phi) is 7.75. The molecule has 0 unspecified atom stereocenters. The Bertz CT molecular complexity index is 607. The van der Waals surface area contributed by atoms with Crippen LogP contribution in [0.1, 0.15) is 6.42 Å². The number of halogens is 2. The summed E-state index contributed by atoms with van der Waals surface area (Å²) < 4.78 is 1.66. The molecular weight excluding hydrogens is 343 g/mol. The zero-order valence-corrected chi connectivity index (χ0v) is 14.4. The van der Waals surface area contributed by atoms with Crippen molar-refractivity contribution in [3.63, 3.8) is 0 Å². The average molecular weight is 361 g/mol. The van der Waals surface area contributed by atoms with Gasteiger partial charge in [0.05, 0.1) is 16.8 Å². The van der Waals surface area contributed by atoms with Crippen LogP contribution < -0.4 is 11.1 Å². The van der Waals surface area contributed by atoms with Crippen molar-refractivity contribution < 1.29 is 4.79 Å². The summed E-state index contributed by atoms with van der Waals surface area (Å²) in [5.74, 6) is 0.653. The molecule has 0 aliphatic rings. The highest BCUT2D eigenvalue weighted by molar-refractivity contribution is 7.98. The van der Waals surface area contributed by atoms with Gasteiger partial charge in [0.25, 0.3) is 0 Å². The summed E-state index contributed by atoms with van der Waals surface area (Å²) in [4.78, 5) is 11.9. The zero-order valence-electron chi connectivity index (χ0n) is 12.0. The molecule has 0 fully saturated rings. The van der Waals surface area contributed by atoms with Crippen molar-refractivity contribution in [2.75, 3.05) is 17.3 Å². The van der Waals surface area contributed by atoms with Crippen molar-refractivity contribution in [3.8, 4) is 5.69 Å². The first-order valence-electron chi connectivity index (χ1n) is 6.46. The van der Waals surface area contributed by atoms with E-state index in [0.29, 0.717) is 17.1 Å². The van der Waals surface area contributed by atoms with Crippen molar-refractivity contribution in [2.24, 2.45) is 5.73 Å². The molecule has 2 rings (SSSR count). The SMILES string of the molecule is CSCC[C@H](N)C(=O)Nc1ccc(-n2cccn2)c(Cl)c1.Cl. The largest absolute Gasteiger partial charge is 0.325 e. The van der Waals surface area contributed by atoms with Crippen LogP contribution in [0.15, 0.2) is 36.7 Å². The van der Waals surface area contributed by atoms with Crippen molar-refractivity contribution in [2.45, 2.75) is 12.5 Å². The molecule has 22 heavy (non-hydrogen) atoms. The monoisotopic (exact) mass is 360 g/mol. The summed E-state index contributed by atoms with van der Waals surface area (Å²) in [5, 5.41) is 7.41. The maximum Gasteiger partial charge on any atom is 0.241 e. The summed E-state index contributed by atoms with van der Waals surface area (Å²) in [6.07, 6.45) is 6.11. The van der Waals surface area contributed by atoms with E-state index in [1.54, 1.807) is 47.0 Å². The number of thioether (sulfide) groups is 1. The van der Waals surface area contributed by atoms with Crippen LogP contribution in [-0.4, -0.2) is 33.7 Å². The van der Waals surface area contributed by atoms with Gasteiger partial charge in [-0.15, -0.1) is 12.4 Å². The lowest BCUT2D eigenvalue weighted by Crippen LogP contribution is -2.36. The molecule has 0 saturated carbocycles. The second kappa shape index (κ2) is 9.05. The van der Waals surface area contributed by atoms with Gasteiger partial charge in [-0.2, -0.15) is 16.9 Å². The predicted molar refractivity (Wildman–Crippen MR) is 95.4 cm³/mol. The van der Waals surface area contributed by atoms with E-state index in [1.807, 2.05) is 12.3 Å². The van der Waals surface area contributed by atoms with E-state index in [-0.39, 0.29) is 18.3 Å². The fourth-order valence-electron chi connectivity index (χ4n) is 1.79. The number of anilines is 1. The van der Waals surface area contributed by atoms with Gasteiger partial charge in [0.1, 0.15) is 0 Å². The lowest BCUT2D eigenvalue weighted by molar-refractivity contribution is -0.117. The van der Waals surface area contributed by atoms with E-state index in [9.17, 15) is 4.79 Å². The van der Waals surface area contributed by atoms with E-state index in [1.165, 1.54) is 0 Å². The third-order valence-electron chi connectivity index (χ3n) is 2.94. The summed E-state index contributed by atoms with van der Waals surface area (Å²) >= 11 is 7.89. The third kappa shape index (κ3) is 4.91. The van der Waals surface area contributed by atoms with Gasteiger partial charge in [-0.3, -0.25) is 4.79 Å². The highest BCUT2D eigenvalue weighted by Crippen LogP contribution is 2.24. The summed E-state index contributed by atoms with van der Waals surface area (Å²) in [6, 6.07) is 6.58. The molecule has 0 bridgehead atoms. The predicted octanol–water partition coefficient (Wildman–Crippen LogP) is 2.97. The minimum Gasteiger partial charge on any atom is -0.325 e. The van der Waals surface area contributed by atoms with Gasteiger partial charge in [-0.25, -0.2) is 4.68 Å². The number of aromatic nitrogens is 2. The number of hydrogen-bond acceptors (Lipinski definition) is 4. The van der Waals surface area contributed by atoms with E-state index in [4.69, 9.17) is 17.3 Å². The van der Waals surface area contributed by atoms with Crippen molar-refractivity contribution in [1.29, 1.82) is 0 Å². The molecule has 1 aromatic heterocycles. The normalized spacial score (nSPS) is 11.6. The van der Waals surface area contributed by atoms with Crippen LogP contribution >= 0.6 is 35.8 Å². The van der Waals surface area contributed by atoms with E-state index >= 15 is 0 Å². The molecule has 2 aromatic rings. The molecular formula is C14H18Cl2N4OS. The molecule has 5 nitrogen and oxygen atoms in total. The number of carbonyl (C=O) groups is 1. The second-order valence-corrected chi connectivity index (χ2v) is 5.89. The van der Waals surface area contributed by atoms with Crippen LogP contribution in [0.2, 0.25) is 5.02 Å². The Morgan fingerprint density at radius 2 is 2.32 bits per heavy atom. The molecule has 1 aromatic carbocycles. The average Bonchev–Trinajstić information content (AvgIpc) is 2.98. The Labute approximate surface area is 145 Å². The van der Waals surface area contributed by atoms with Gasteiger partial charge in [-0.1, -0.05) is 11.6 Å². The van der Waals surface area contributed by atoms with Gasteiger partial charge in [0, 0.05) is 18.1 Å². The molecule has 1 atom stereocenters. The maximum atomic E-state index is 11.9. The van der Waals surface area contributed by atoms with Gasteiger partial charge in [-0.05, 0) is 42.7 Å². The Balaban J connectivity index is 0.00000242. The molecule has 8 heteroatoms. The first-order valence-corrected chi connectivity index (χ1v) is 8.24. The number of carbonyl (C=O) groups excluding carboxylic acids is 1. The molecule has 1 heterocycles. The summed E-state index contributed by atoms with van der Waals surface area (Å²) in [6.45, 7) is 0. The van der Waals surface area contributed by atoms with Crippen LogP contribution in [-0.2, 0) is 4.79 Å². The Hall–Kier alpha value is -1.21. The minimum atomic E-state index is -0.512. The summed E-state index contributed by atoms with van der Waals surface area (Å²) in [7, 11) is 0. The number of hydrogen-bond donors (Lipinski definition) is 2. The number of amides is 1. The van der Waals surface area contributed by atoms with Crippen LogP contribution in [0.3, 0.4) is 0 Å². The third-order valence-corrected chi connectivity index (χ3v) is 3.88. The van der Waals surface area contributed by atoms with Crippen molar-refractivity contribution >= 4 is 47.4 Å². The van der Waals surface area contributed by atoms with E-state index in [2.05, 4.69) is 10.4 Å². The number of benzene rings is 1. The zero-order chi connectivity index (χ0) is 15.2. The van der Waals surface area contributed by atoms with Crippen LogP contribution in [0, 0.1) is 0 Å². The van der Waals surface area contributed by atoms with Gasteiger partial charge < -0.3 is 11.1 Å². The number of nitrogens with two attached hydrogens (primary N) is 1. The highest BCUT2D eigenvalue weighted by Gasteiger charge is 2.13. The minimum absolute atomic E-state index is 0. The lowest BCUT2D eigenvalue weighted by atomic mass is 10.2. The quantitative estimate of drug-likeness (QED) is 0.830. The first kappa shape index (κ1) is 18.8. The van der Waals surface area contributed by atoms with Gasteiger partial charge in [0.15, 0.2) is 0 Å². The molecule has 120 valence electrons. The van der Waals surface area contributed by atoms with Crippen molar-refractivity contribution in [1.82, 2.24) is 9.78 Å². The van der Waals surface area contributed by atoms with E-state index in [0.717, 1.165) is 11.4 Å². The fraction of sp³-hybridized carbons (Fsp3) is 0.286. The number of rotatable bonds is 6. The van der Waals surface area contributed by atoms with E-state index < -0.39 is 6.04 Å². The number of nitrogens with one attached hydrogen (secondary N) is 1. The smallest absolute Gasteiger partial charge is 0.241 e. The molecule has 3 N–H and O–H groups in total. The maximum absolute atomic E-state index is 11.9. The van der Waals surface area contributed by atoms with Crippen LogP contribution in [0.25, 0.3) is 5.69 Å². The fourth-order valence-corrected chi connectivity index (χ4v) is 2.55. The second-order valence-electron chi connectivity index (χ2n) is 4.49. The molecule has 0 aliphatic heterocycles. The topological polar surface area (TPSA) is 72.9 Å². The summed E-state index contributed by atoms with van der Waals surface area (Å²) in [5.41, 5.74) is 7.21. The van der Waals surface area contributed by atoms with Crippen molar-refractivity contribution in [3.05, 3.63) is 41.7 Å². The van der Waals surface area contributed by atoms with Crippen LogP contribution in [0.5, 0.6) is 0 Å². The first-order chi connectivity index (χ1) is 10.1. The molecule has 0 saturated heterocycles.